The van der Waals surface area contributed by atoms with E-state index in [4.69, 9.17) is 11.6 Å². The van der Waals surface area contributed by atoms with E-state index in [9.17, 15) is 4.79 Å². The monoisotopic (exact) mass is 267 g/mol. The summed E-state index contributed by atoms with van der Waals surface area (Å²) in [6, 6.07) is 2.17. The number of carbonyl (C=O) groups excluding carboxylic acids is 1. The molecule has 1 aliphatic heterocycles. The molecule has 0 bridgehead atoms. The Morgan fingerprint density at radius 3 is 2.83 bits per heavy atom. The molecule has 1 saturated heterocycles. The van der Waals surface area contributed by atoms with E-state index in [0.29, 0.717) is 16.6 Å². The van der Waals surface area contributed by atoms with Crippen LogP contribution in [0.1, 0.15) is 22.5 Å². The molecule has 1 amide bonds. The van der Waals surface area contributed by atoms with Crippen molar-refractivity contribution < 1.29 is 4.79 Å². The summed E-state index contributed by atoms with van der Waals surface area (Å²) in [5.74, 6) is -0.0168. The lowest BCUT2D eigenvalue weighted by molar-refractivity contribution is 0.0783. The van der Waals surface area contributed by atoms with Crippen LogP contribution in [-0.4, -0.2) is 53.9 Å². The zero-order valence-corrected chi connectivity index (χ0v) is 11.7. The molecule has 18 heavy (non-hydrogen) atoms. The lowest BCUT2D eigenvalue weighted by Gasteiger charge is -2.20. The first-order chi connectivity index (χ1) is 8.49. The van der Waals surface area contributed by atoms with Crippen LogP contribution in [0, 0.1) is 6.92 Å². The number of aromatic nitrogens is 1. The predicted octanol–water partition coefficient (Wildman–Crippen LogP) is 1.82. The zero-order chi connectivity index (χ0) is 13.3. The molecule has 0 N–H and O–H groups in total. The fraction of sp³-hybridized carbons (Fsp3) is 0.538. The van der Waals surface area contributed by atoms with Gasteiger partial charge in [0.05, 0.1) is 10.6 Å². The Balaban J connectivity index is 2.13. The van der Waals surface area contributed by atoms with E-state index in [1.54, 1.807) is 12.3 Å². The number of nitrogens with zero attached hydrogens (tertiary/aromatic N) is 3. The second-order valence-electron chi connectivity index (χ2n) is 4.96. The lowest BCUT2D eigenvalue weighted by atomic mass is 10.2. The molecule has 0 saturated carbocycles. The molecule has 1 aromatic heterocycles. The fourth-order valence-electron chi connectivity index (χ4n) is 2.20. The Labute approximate surface area is 113 Å². The second kappa shape index (κ2) is 5.24. The highest BCUT2D eigenvalue weighted by Crippen LogP contribution is 2.21. The van der Waals surface area contributed by atoms with Crippen molar-refractivity contribution >= 4 is 17.5 Å². The van der Waals surface area contributed by atoms with E-state index in [2.05, 4.69) is 9.88 Å². The van der Waals surface area contributed by atoms with Crippen LogP contribution in [0.2, 0.25) is 5.02 Å². The van der Waals surface area contributed by atoms with Crippen LogP contribution >= 0.6 is 11.6 Å². The van der Waals surface area contributed by atoms with Crippen molar-refractivity contribution in [3.05, 3.63) is 28.5 Å². The minimum atomic E-state index is -0.0168. The molecule has 5 heteroatoms. The van der Waals surface area contributed by atoms with Gasteiger partial charge in [0.15, 0.2) is 0 Å². The van der Waals surface area contributed by atoms with Crippen molar-refractivity contribution in [2.45, 2.75) is 19.4 Å². The number of halogens is 1. The quantitative estimate of drug-likeness (QED) is 0.820. The molecule has 1 unspecified atom stereocenters. The topological polar surface area (TPSA) is 36.4 Å². The number of rotatable bonds is 2. The molecular weight excluding hydrogens is 250 g/mol. The molecule has 1 atom stereocenters. The average Bonchev–Trinajstić information content (AvgIpc) is 2.77. The summed E-state index contributed by atoms with van der Waals surface area (Å²) in [5, 5.41) is 0.487. The van der Waals surface area contributed by atoms with E-state index in [1.807, 2.05) is 25.9 Å². The molecular formula is C13H18ClN3O. The molecule has 2 rings (SSSR count). The summed E-state index contributed by atoms with van der Waals surface area (Å²) < 4.78 is 0. The molecule has 1 fully saturated rings. The SMILES string of the molecule is Cc1cc(Cl)c(C(=O)N2CCC(N(C)C)C2)cn1. The van der Waals surface area contributed by atoms with Crippen molar-refractivity contribution in [3.63, 3.8) is 0 Å². The van der Waals surface area contributed by atoms with Crippen molar-refractivity contribution in [2.75, 3.05) is 27.2 Å². The molecule has 4 nitrogen and oxygen atoms in total. The smallest absolute Gasteiger partial charge is 0.256 e. The van der Waals surface area contributed by atoms with Crippen molar-refractivity contribution in [2.24, 2.45) is 0 Å². The van der Waals surface area contributed by atoms with Crippen LogP contribution in [0.25, 0.3) is 0 Å². The first kappa shape index (κ1) is 13.3. The standard InChI is InChI=1S/C13H18ClN3O/c1-9-6-12(14)11(7-15-9)13(18)17-5-4-10(8-17)16(2)3/h6-7,10H,4-5,8H2,1-3H3. The molecule has 0 radical (unpaired) electrons. The maximum Gasteiger partial charge on any atom is 0.256 e. The number of hydrogen-bond acceptors (Lipinski definition) is 3. The van der Waals surface area contributed by atoms with Crippen LogP contribution in [-0.2, 0) is 0 Å². The zero-order valence-electron chi connectivity index (χ0n) is 11.0. The third kappa shape index (κ3) is 2.65. The van der Waals surface area contributed by atoms with Crippen LogP contribution < -0.4 is 0 Å². The molecule has 0 aliphatic carbocycles. The molecule has 1 aromatic rings. The van der Waals surface area contributed by atoms with Gasteiger partial charge in [0.1, 0.15) is 0 Å². The van der Waals surface area contributed by atoms with Gasteiger partial charge in [0.2, 0.25) is 0 Å². The van der Waals surface area contributed by atoms with Crippen LogP contribution in [0.4, 0.5) is 0 Å². The highest BCUT2D eigenvalue weighted by molar-refractivity contribution is 6.33. The Hall–Kier alpha value is -1.13. The van der Waals surface area contributed by atoms with Crippen LogP contribution in [0.5, 0.6) is 0 Å². The lowest BCUT2D eigenvalue weighted by Crippen LogP contribution is -2.34. The Morgan fingerprint density at radius 1 is 1.56 bits per heavy atom. The summed E-state index contributed by atoms with van der Waals surface area (Å²) in [5.41, 5.74) is 1.32. The first-order valence-electron chi connectivity index (χ1n) is 6.07. The summed E-state index contributed by atoms with van der Waals surface area (Å²) >= 11 is 6.10. The van der Waals surface area contributed by atoms with Gasteiger partial charge in [-0.25, -0.2) is 0 Å². The fourth-order valence-corrected chi connectivity index (χ4v) is 2.49. The van der Waals surface area contributed by atoms with E-state index in [1.165, 1.54) is 0 Å². The number of aryl methyl sites for hydroxylation is 1. The summed E-state index contributed by atoms with van der Waals surface area (Å²) in [6.45, 7) is 3.40. The average molecular weight is 268 g/mol. The second-order valence-corrected chi connectivity index (χ2v) is 5.37. The third-order valence-electron chi connectivity index (χ3n) is 3.40. The number of pyridine rings is 1. The summed E-state index contributed by atoms with van der Waals surface area (Å²) in [6.07, 6.45) is 2.58. The molecule has 2 heterocycles. The van der Waals surface area contributed by atoms with Crippen LogP contribution in [0.15, 0.2) is 12.3 Å². The first-order valence-corrected chi connectivity index (χ1v) is 6.44. The Kier molecular flexibility index (Phi) is 3.88. The minimum Gasteiger partial charge on any atom is -0.337 e. The number of hydrogen-bond donors (Lipinski definition) is 0. The van der Waals surface area contributed by atoms with E-state index >= 15 is 0 Å². The van der Waals surface area contributed by atoms with E-state index in [0.717, 1.165) is 25.2 Å². The third-order valence-corrected chi connectivity index (χ3v) is 3.71. The number of likely N-dealkylation sites (tertiary alicyclic amines) is 1. The normalized spacial score (nSPS) is 19.6. The maximum absolute atomic E-state index is 12.3. The number of amides is 1. The molecule has 1 aliphatic rings. The van der Waals surface area contributed by atoms with Gasteiger partial charge in [-0.2, -0.15) is 0 Å². The van der Waals surface area contributed by atoms with Gasteiger partial charge in [0, 0.05) is 31.0 Å². The Morgan fingerprint density at radius 2 is 2.28 bits per heavy atom. The summed E-state index contributed by atoms with van der Waals surface area (Å²) in [7, 11) is 4.08. The van der Waals surface area contributed by atoms with Crippen molar-refractivity contribution in [1.82, 2.24) is 14.8 Å². The molecule has 0 spiro atoms. The van der Waals surface area contributed by atoms with Gasteiger partial charge in [0.25, 0.3) is 5.91 Å². The summed E-state index contributed by atoms with van der Waals surface area (Å²) in [4.78, 5) is 20.5. The van der Waals surface area contributed by atoms with Gasteiger partial charge in [-0.05, 0) is 33.5 Å². The number of likely N-dealkylation sites (N-methyl/N-ethyl adjacent to an activating group) is 1. The molecule has 98 valence electrons. The molecule has 0 aromatic carbocycles. The number of carbonyl (C=O) groups is 1. The Bertz CT molecular complexity index is 462. The van der Waals surface area contributed by atoms with Gasteiger partial charge < -0.3 is 9.80 Å². The van der Waals surface area contributed by atoms with Gasteiger partial charge in [-0.3, -0.25) is 9.78 Å². The van der Waals surface area contributed by atoms with Gasteiger partial charge in [-0.15, -0.1) is 0 Å². The largest absolute Gasteiger partial charge is 0.337 e. The predicted molar refractivity (Wildman–Crippen MR) is 72.0 cm³/mol. The maximum atomic E-state index is 12.3. The minimum absolute atomic E-state index is 0.0168. The highest BCUT2D eigenvalue weighted by Gasteiger charge is 2.29. The van der Waals surface area contributed by atoms with E-state index < -0.39 is 0 Å². The van der Waals surface area contributed by atoms with Crippen molar-refractivity contribution in [3.8, 4) is 0 Å². The van der Waals surface area contributed by atoms with E-state index in [-0.39, 0.29) is 5.91 Å². The van der Waals surface area contributed by atoms with Gasteiger partial charge >= 0.3 is 0 Å². The van der Waals surface area contributed by atoms with Crippen LogP contribution in [0.3, 0.4) is 0 Å². The van der Waals surface area contributed by atoms with Gasteiger partial charge in [-0.1, -0.05) is 11.6 Å². The highest BCUT2D eigenvalue weighted by atomic mass is 35.5. The van der Waals surface area contributed by atoms with Crippen molar-refractivity contribution in [1.29, 1.82) is 0 Å².